The Morgan fingerprint density at radius 2 is 2.05 bits per heavy atom. The first-order chi connectivity index (χ1) is 9.84. The molecule has 2 rings (SSSR count). The Labute approximate surface area is 131 Å². The smallest absolute Gasteiger partial charge is 0.178 e. The summed E-state index contributed by atoms with van der Waals surface area (Å²) in [5.74, 6) is 0.835. The minimum atomic E-state index is -0.267. The Morgan fingerprint density at radius 3 is 2.67 bits per heavy atom. The molecule has 0 atom stereocenters. The molecule has 4 nitrogen and oxygen atoms in total. The molecule has 1 aromatic heterocycles. The second-order valence-corrected chi connectivity index (χ2v) is 6.41. The molecule has 1 aromatic carbocycles. The van der Waals surface area contributed by atoms with Crippen LogP contribution < -0.4 is 4.74 Å². The highest BCUT2D eigenvalue weighted by atomic mass is 32.1. The van der Waals surface area contributed by atoms with Crippen molar-refractivity contribution in [3.8, 4) is 5.75 Å². The number of benzene rings is 1. The van der Waals surface area contributed by atoms with Crippen LogP contribution in [0.5, 0.6) is 5.75 Å². The van der Waals surface area contributed by atoms with Gasteiger partial charge in [-0.3, -0.25) is 0 Å². The van der Waals surface area contributed by atoms with Crippen molar-refractivity contribution in [3.05, 3.63) is 23.0 Å². The first-order valence-corrected chi connectivity index (χ1v) is 7.77. The van der Waals surface area contributed by atoms with Gasteiger partial charge in [-0.05, 0) is 59.0 Å². The number of fused-ring (bicyclic) bond motifs is 1. The quantitative estimate of drug-likeness (QED) is 0.809. The highest BCUT2D eigenvalue weighted by Gasteiger charge is 2.21. The minimum absolute atomic E-state index is 0.126. The lowest BCUT2D eigenvalue weighted by Crippen LogP contribution is -2.30. The molecule has 0 spiro atoms. The van der Waals surface area contributed by atoms with Crippen LogP contribution in [0.25, 0.3) is 11.0 Å². The number of hydrogen-bond acceptors (Lipinski definition) is 3. The maximum absolute atomic E-state index is 5.85. The fourth-order valence-electron chi connectivity index (χ4n) is 2.48. The molecule has 0 aliphatic carbocycles. The zero-order chi connectivity index (χ0) is 15.6. The van der Waals surface area contributed by atoms with E-state index in [0.29, 0.717) is 17.9 Å². The molecule has 0 aliphatic rings. The van der Waals surface area contributed by atoms with E-state index in [9.17, 15) is 0 Å². The van der Waals surface area contributed by atoms with Crippen LogP contribution in [-0.4, -0.2) is 27.9 Å². The highest BCUT2D eigenvalue weighted by Crippen LogP contribution is 2.27. The molecule has 5 heteroatoms. The Hall–Kier alpha value is -1.33. The third-order valence-corrected chi connectivity index (χ3v) is 3.53. The normalized spacial score (nSPS) is 12.3. The van der Waals surface area contributed by atoms with Gasteiger partial charge in [0.05, 0.1) is 23.8 Å². The van der Waals surface area contributed by atoms with Crippen molar-refractivity contribution in [2.24, 2.45) is 0 Å². The van der Waals surface area contributed by atoms with Gasteiger partial charge in [0.1, 0.15) is 11.3 Å². The van der Waals surface area contributed by atoms with Crippen LogP contribution in [0.2, 0.25) is 0 Å². The first-order valence-electron chi connectivity index (χ1n) is 7.36. The molecule has 21 heavy (non-hydrogen) atoms. The third kappa shape index (κ3) is 3.66. The van der Waals surface area contributed by atoms with Gasteiger partial charge < -0.3 is 19.0 Å². The lowest BCUT2D eigenvalue weighted by Gasteiger charge is -2.25. The monoisotopic (exact) mass is 308 g/mol. The number of aromatic nitrogens is 2. The van der Waals surface area contributed by atoms with Crippen LogP contribution >= 0.6 is 12.2 Å². The fourth-order valence-corrected chi connectivity index (χ4v) is 2.75. The Kier molecular flexibility index (Phi) is 4.74. The van der Waals surface area contributed by atoms with Crippen LogP contribution in [0.4, 0.5) is 0 Å². The van der Waals surface area contributed by atoms with Gasteiger partial charge in [-0.25, -0.2) is 0 Å². The second-order valence-electron chi connectivity index (χ2n) is 6.03. The molecule has 0 aliphatic heterocycles. The summed E-state index contributed by atoms with van der Waals surface area (Å²) in [7, 11) is 0. The summed E-state index contributed by atoms with van der Waals surface area (Å²) in [4.78, 5) is 3.26. The van der Waals surface area contributed by atoms with Gasteiger partial charge >= 0.3 is 0 Å². The van der Waals surface area contributed by atoms with Crippen molar-refractivity contribution in [1.29, 1.82) is 0 Å². The number of hydrogen-bond donors (Lipinski definition) is 1. The van der Waals surface area contributed by atoms with Crippen molar-refractivity contribution in [3.63, 3.8) is 0 Å². The lowest BCUT2D eigenvalue weighted by atomic mass is 10.1. The number of nitrogens with zero attached hydrogens (tertiary/aromatic N) is 1. The van der Waals surface area contributed by atoms with E-state index in [-0.39, 0.29) is 11.7 Å². The molecule has 0 unspecified atom stereocenters. The number of rotatable bonds is 6. The zero-order valence-corrected chi connectivity index (χ0v) is 14.2. The molecule has 2 aromatic rings. The van der Waals surface area contributed by atoms with E-state index >= 15 is 0 Å². The van der Waals surface area contributed by atoms with Gasteiger partial charge in [0.15, 0.2) is 4.77 Å². The summed E-state index contributed by atoms with van der Waals surface area (Å²) < 4.78 is 14.4. The summed E-state index contributed by atoms with van der Waals surface area (Å²) in [5, 5.41) is 0. The van der Waals surface area contributed by atoms with Gasteiger partial charge in [0, 0.05) is 6.61 Å². The molecule has 0 saturated carbocycles. The minimum Gasteiger partial charge on any atom is -0.489 e. The predicted molar refractivity (Wildman–Crippen MR) is 88.6 cm³/mol. The van der Waals surface area contributed by atoms with E-state index in [2.05, 4.69) is 29.5 Å². The van der Waals surface area contributed by atoms with Crippen molar-refractivity contribution >= 4 is 23.3 Å². The summed E-state index contributed by atoms with van der Waals surface area (Å²) >= 11 is 5.47. The first kappa shape index (κ1) is 16.0. The Balaban J connectivity index is 2.46. The molecule has 1 N–H and O–H groups in total. The van der Waals surface area contributed by atoms with Crippen LogP contribution in [0.3, 0.4) is 0 Å². The van der Waals surface area contributed by atoms with Crippen molar-refractivity contribution < 1.29 is 9.47 Å². The molecular formula is C16H24N2O2S. The molecule has 116 valence electrons. The van der Waals surface area contributed by atoms with Crippen molar-refractivity contribution in [2.75, 3.05) is 6.61 Å². The lowest BCUT2D eigenvalue weighted by molar-refractivity contribution is -0.0219. The average molecular weight is 308 g/mol. The molecule has 0 radical (unpaired) electrons. The SMILES string of the molecule is CCOC(C)(C)Cn1c(=S)[nH]c2c(OC(C)C)cccc21. The number of aromatic amines is 1. The predicted octanol–water partition coefficient (Wildman–Crippen LogP) is 4.30. The van der Waals surface area contributed by atoms with Crippen LogP contribution in [0.15, 0.2) is 18.2 Å². The van der Waals surface area contributed by atoms with E-state index in [1.165, 1.54) is 0 Å². The Morgan fingerprint density at radius 1 is 1.33 bits per heavy atom. The van der Waals surface area contributed by atoms with Crippen molar-refractivity contribution in [1.82, 2.24) is 9.55 Å². The van der Waals surface area contributed by atoms with E-state index in [0.717, 1.165) is 16.8 Å². The summed E-state index contributed by atoms with van der Waals surface area (Å²) in [5.41, 5.74) is 1.73. The van der Waals surface area contributed by atoms with E-state index in [1.807, 2.05) is 32.9 Å². The maximum atomic E-state index is 5.85. The highest BCUT2D eigenvalue weighted by molar-refractivity contribution is 7.71. The average Bonchev–Trinajstić information content (AvgIpc) is 2.66. The second kappa shape index (κ2) is 6.20. The number of nitrogens with one attached hydrogen (secondary N) is 1. The van der Waals surface area contributed by atoms with Gasteiger partial charge in [0.2, 0.25) is 0 Å². The molecule has 0 amide bonds. The van der Waals surface area contributed by atoms with Gasteiger partial charge in [0.25, 0.3) is 0 Å². The summed E-state index contributed by atoms with van der Waals surface area (Å²) in [6.07, 6.45) is 0.126. The number of para-hydroxylation sites is 1. The standard InChI is InChI=1S/C16H24N2O2S/c1-6-19-16(4,5)10-18-12-8-7-9-13(20-11(2)3)14(12)17-15(18)21/h7-9,11H,6,10H2,1-5H3,(H,17,21). The van der Waals surface area contributed by atoms with Gasteiger partial charge in [-0.15, -0.1) is 0 Å². The van der Waals surface area contributed by atoms with E-state index < -0.39 is 0 Å². The van der Waals surface area contributed by atoms with E-state index in [4.69, 9.17) is 21.7 Å². The maximum Gasteiger partial charge on any atom is 0.178 e. The third-order valence-electron chi connectivity index (χ3n) is 3.21. The number of H-pyrrole nitrogens is 1. The largest absolute Gasteiger partial charge is 0.489 e. The van der Waals surface area contributed by atoms with Crippen molar-refractivity contribution in [2.45, 2.75) is 52.9 Å². The zero-order valence-electron chi connectivity index (χ0n) is 13.4. The fraction of sp³-hybridized carbons (Fsp3) is 0.562. The van der Waals surface area contributed by atoms with Gasteiger partial charge in [-0.1, -0.05) is 6.07 Å². The van der Waals surface area contributed by atoms with Crippen LogP contribution in [0, 0.1) is 4.77 Å². The topological polar surface area (TPSA) is 39.2 Å². The molecule has 0 fully saturated rings. The molecule has 0 bridgehead atoms. The van der Waals surface area contributed by atoms with Crippen LogP contribution in [0.1, 0.15) is 34.6 Å². The number of imidazole rings is 1. The molecule has 1 heterocycles. The Bertz CT molecular complexity index is 670. The summed E-state index contributed by atoms with van der Waals surface area (Å²) in [6, 6.07) is 6.01. The number of ether oxygens (including phenoxy) is 2. The van der Waals surface area contributed by atoms with E-state index in [1.54, 1.807) is 0 Å². The molecular weight excluding hydrogens is 284 g/mol. The molecule has 0 saturated heterocycles. The van der Waals surface area contributed by atoms with Crippen LogP contribution in [-0.2, 0) is 11.3 Å². The van der Waals surface area contributed by atoms with Gasteiger partial charge in [-0.2, -0.15) is 0 Å². The summed E-state index contributed by atoms with van der Waals surface area (Å²) in [6.45, 7) is 11.6.